The molecule has 0 spiro atoms. The summed E-state index contributed by atoms with van der Waals surface area (Å²) in [5, 5.41) is 70.1. The van der Waals surface area contributed by atoms with E-state index >= 15 is 0 Å². The number of ether oxygens (including phenoxy) is 1. The van der Waals surface area contributed by atoms with Crippen LogP contribution in [0.5, 0.6) is 0 Å². The second kappa shape index (κ2) is 42.7. The van der Waals surface area contributed by atoms with Crippen molar-refractivity contribution in [1.82, 2.24) is 79.0 Å². The molecule has 3 aliphatic rings. The van der Waals surface area contributed by atoms with Crippen molar-refractivity contribution in [3.63, 3.8) is 0 Å². The van der Waals surface area contributed by atoms with Gasteiger partial charge in [0.1, 0.15) is 79.6 Å². The number of carbonyl (C=O) groups excluding carboxylic acids is 13. The fraction of sp³-hybridized carbons (Fsp3) is 0.474. The number of aliphatic hydroxyl groups is 1. The molecule has 0 saturated carbocycles. The Kier molecular flexibility index (Phi) is 33.1. The zero-order chi connectivity index (χ0) is 82.6. The smallest absolute Gasteiger partial charge is 0.407 e. The van der Waals surface area contributed by atoms with Crippen LogP contribution in [0.25, 0.3) is 22.0 Å². The number of para-hydroxylation sites is 1. The first-order valence-corrected chi connectivity index (χ1v) is 37.3. The number of aliphatic hydroxyl groups excluding tert-OH is 1. The standard InChI is InChI=1S/C76H104N20O17/c1-40(2)27-29-55(87-61(98)37-84-76(112)113-39-49-47-19-9-7-17-45(47)46-18-8-10-20-48(46)49)69(107)89-52-23-12-22-51(63(77)101)88-66(104)53(24-13-31-82-74(78)79)90-70(108)57(35-44-34-43-16-6-11-21-50(43)86-44)93-64(102)42(5)85-65(103)56(30-28-41(3)4)91-67(105)54(25-14-32-83-75(80)81)92-72(110)60-26-15-33-96(60)73(111)58(36-62(99)100)94-71(109)59(38-97)95-68(52)106/h6-11,16-21,27-28,34,42,49,51-60,86,97H,12-15,22-26,29-33,35-39H2,1-5H3,(H2,77,101)(H,84,112)(H,85,103)(H,87,98)(H,88,104)(H,89,107)(H,90,108)(H,91,105)(H,92,110)(H,93,102)(H,94,109)(H,95,106)(H,99,100)(H4,78,79,82)(H4,80,81,83)/t42-,51?,52-,53-,54-,55-,56-,57-,58-,59-,60?/m0/s1. The molecule has 7 rings (SSSR count). The molecule has 610 valence electrons. The number of carboxylic acids is 1. The number of amides is 13. The molecule has 4 aromatic rings. The summed E-state index contributed by atoms with van der Waals surface area (Å²) in [6.07, 6.45) is -0.863. The molecule has 37 heteroatoms. The van der Waals surface area contributed by atoms with E-state index < -0.39 is 194 Å². The summed E-state index contributed by atoms with van der Waals surface area (Å²) in [4.78, 5) is 203. The van der Waals surface area contributed by atoms with Crippen LogP contribution in [-0.2, 0) is 73.5 Å². The van der Waals surface area contributed by atoms with Gasteiger partial charge < -0.3 is 111 Å². The van der Waals surface area contributed by atoms with Crippen molar-refractivity contribution in [1.29, 1.82) is 10.8 Å². The second-order valence-corrected chi connectivity index (χ2v) is 28.4. The van der Waals surface area contributed by atoms with Crippen molar-refractivity contribution in [3.8, 4) is 11.1 Å². The number of alkyl carbamates (subject to hydrolysis) is 1. The molecule has 0 bridgehead atoms. The molecule has 2 unspecified atom stereocenters. The number of rotatable bonds is 25. The van der Waals surface area contributed by atoms with E-state index in [-0.39, 0.29) is 96.4 Å². The van der Waals surface area contributed by atoms with Crippen molar-refractivity contribution >= 4 is 106 Å². The van der Waals surface area contributed by atoms with E-state index in [1.165, 1.54) is 6.92 Å². The maximum Gasteiger partial charge on any atom is 0.407 e. The number of hydrogen-bond acceptors (Lipinski definition) is 18. The Morgan fingerprint density at radius 2 is 1.17 bits per heavy atom. The molecule has 2 aliphatic heterocycles. The van der Waals surface area contributed by atoms with Gasteiger partial charge in [-0.3, -0.25) is 73.1 Å². The lowest BCUT2D eigenvalue weighted by Gasteiger charge is -2.30. The maximum absolute atomic E-state index is 14.9. The lowest BCUT2D eigenvalue weighted by atomic mass is 9.98. The number of fused-ring (bicyclic) bond motifs is 5. The Morgan fingerprint density at radius 3 is 1.77 bits per heavy atom. The van der Waals surface area contributed by atoms with Crippen LogP contribution in [0.2, 0.25) is 0 Å². The van der Waals surface area contributed by atoms with Crippen LogP contribution in [-0.4, -0.2) is 221 Å². The van der Waals surface area contributed by atoms with Crippen LogP contribution < -0.4 is 86.3 Å². The number of hydrogen-bond donors (Lipinski definition) is 21. The summed E-state index contributed by atoms with van der Waals surface area (Å²) in [6.45, 7) is 5.96. The second-order valence-electron chi connectivity index (χ2n) is 28.4. The average Bonchev–Trinajstić information content (AvgIpc) is 1.61. The topological polar surface area (TPSA) is 590 Å². The highest BCUT2D eigenvalue weighted by Gasteiger charge is 2.42. The molecule has 3 aromatic carbocycles. The molecular formula is C76H104N20O17. The first kappa shape index (κ1) is 87.8. The highest BCUT2D eigenvalue weighted by atomic mass is 16.5. The van der Waals surface area contributed by atoms with Gasteiger partial charge in [0.15, 0.2) is 11.9 Å². The van der Waals surface area contributed by atoms with E-state index in [9.17, 15) is 77.3 Å². The first-order chi connectivity index (χ1) is 53.8. The summed E-state index contributed by atoms with van der Waals surface area (Å²) in [7, 11) is 0. The van der Waals surface area contributed by atoms with Crippen LogP contribution in [0.15, 0.2) is 102 Å². The van der Waals surface area contributed by atoms with Crippen LogP contribution in [0, 0.1) is 10.8 Å². The molecule has 2 saturated heterocycles. The van der Waals surface area contributed by atoms with Gasteiger partial charge in [-0.25, -0.2) is 4.79 Å². The normalized spacial score (nSPS) is 22.1. The highest BCUT2D eigenvalue weighted by molar-refractivity contribution is 6.01. The van der Waals surface area contributed by atoms with Crippen LogP contribution >= 0.6 is 0 Å². The van der Waals surface area contributed by atoms with Crippen molar-refractivity contribution in [2.75, 3.05) is 39.4 Å². The average molecular weight is 1570 g/mol. The highest BCUT2D eigenvalue weighted by Crippen LogP contribution is 2.44. The largest absolute Gasteiger partial charge is 0.481 e. The van der Waals surface area contributed by atoms with Gasteiger partial charge in [0.05, 0.1) is 13.0 Å². The monoisotopic (exact) mass is 1570 g/mol. The Morgan fingerprint density at radius 1 is 0.619 bits per heavy atom. The number of allylic oxidation sites excluding steroid dienone is 2. The van der Waals surface area contributed by atoms with Crippen molar-refractivity contribution in [3.05, 3.63) is 119 Å². The lowest BCUT2D eigenvalue weighted by molar-refractivity contribution is -0.146. The molecule has 3 heterocycles. The number of primary amides is 1. The fourth-order valence-corrected chi connectivity index (χ4v) is 13.2. The van der Waals surface area contributed by atoms with Crippen molar-refractivity contribution in [2.45, 2.75) is 190 Å². The molecule has 1 aliphatic carbocycles. The third kappa shape index (κ3) is 26.7. The van der Waals surface area contributed by atoms with E-state index in [2.05, 4.69) is 74.1 Å². The molecule has 2 fully saturated rings. The Labute approximate surface area is 652 Å². The van der Waals surface area contributed by atoms with Crippen molar-refractivity contribution in [2.24, 2.45) is 17.2 Å². The Hall–Kier alpha value is -12.4. The number of aromatic nitrogens is 1. The first-order valence-electron chi connectivity index (χ1n) is 37.3. The summed E-state index contributed by atoms with van der Waals surface area (Å²) in [6, 6.07) is 6.30. The zero-order valence-electron chi connectivity index (χ0n) is 63.7. The van der Waals surface area contributed by atoms with E-state index in [0.717, 1.165) is 32.5 Å². The van der Waals surface area contributed by atoms with Crippen molar-refractivity contribution < 1.29 is 82.1 Å². The predicted octanol–water partition coefficient (Wildman–Crippen LogP) is -1.52. The lowest BCUT2D eigenvalue weighted by Crippen LogP contribution is -2.61. The van der Waals surface area contributed by atoms with Gasteiger partial charge >= 0.3 is 12.1 Å². The number of guanidine groups is 2. The van der Waals surface area contributed by atoms with E-state index in [1.54, 1.807) is 70.2 Å². The zero-order valence-corrected chi connectivity index (χ0v) is 63.7. The van der Waals surface area contributed by atoms with Crippen LogP contribution in [0.1, 0.15) is 134 Å². The maximum atomic E-state index is 14.9. The van der Waals surface area contributed by atoms with Gasteiger partial charge in [0.25, 0.3) is 0 Å². The Bertz CT molecular complexity index is 4150. The molecular weight excluding hydrogens is 1460 g/mol. The molecule has 1 aromatic heterocycles. The molecule has 0 radical (unpaired) electrons. The SMILES string of the molecule is CC(C)=CC[C@H](NC(=O)CNC(=O)OCC1c2ccccc2-c2ccccc21)C(=O)N[C@H]1CCCC(C(N)=O)NC(=O)[C@H](CCCNC(=N)N)NC(=O)[C@H](Cc2cc3ccccc3[nH]2)NC(=O)[C@H](C)NC(=O)[C@H](CC=C(C)C)NC(=O)[C@H](CCCNC(=N)N)NC(=O)C2CCCN2C(=O)[C@H](CC(=O)O)NC(=O)[C@H](CO)NC1=O. The van der Waals surface area contributed by atoms with Gasteiger partial charge in [-0.2, -0.15) is 0 Å². The fourth-order valence-electron chi connectivity index (χ4n) is 13.2. The number of aromatic amines is 1. The van der Waals surface area contributed by atoms with Crippen LogP contribution in [0.4, 0.5) is 4.79 Å². The third-order valence-electron chi connectivity index (χ3n) is 19.1. The summed E-state index contributed by atoms with van der Waals surface area (Å²) in [5.74, 6) is -15.1. The number of carbonyl (C=O) groups is 14. The Balaban J connectivity index is 1.22. The molecule has 37 nitrogen and oxygen atoms in total. The minimum absolute atomic E-state index is 0.00518. The van der Waals surface area contributed by atoms with E-state index in [1.807, 2.05) is 48.5 Å². The number of aliphatic carboxylic acids is 1. The summed E-state index contributed by atoms with van der Waals surface area (Å²) >= 11 is 0. The molecule has 11 atom stereocenters. The van der Waals surface area contributed by atoms with Gasteiger partial charge in [-0.1, -0.05) is 90.0 Å². The van der Waals surface area contributed by atoms with Gasteiger partial charge in [0.2, 0.25) is 70.9 Å². The summed E-state index contributed by atoms with van der Waals surface area (Å²) < 4.78 is 5.60. The van der Waals surface area contributed by atoms with Gasteiger partial charge in [-0.15, -0.1) is 0 Å². The third-order valence-corrected chi connectivity index (χ3v) is 19.1. The molecule has 24 N–H and O–H groups in total. The quantitative estimate of drug-likeness (QED) is 0.0155. The molecule has 13 amide bonds. The number of H-pyrrole nitrogens is 1. The predicted molar refractivity (Wildman–Crippen MR) is 414 cm³/mol. The number of benzene rings is 3. The van der Waals surface area contributed by atoms with Crippen LogP contribution in [0.3, 0.4) is 0 Å². The van der Waals surface area contributed by atoms with Gasteiger partial charge in [0, 0.05) is 43.2 Å². The van der Waals surface area contributed by atoms with E-state index in [0.29, 0.717) is 22.4 Å². The number of nitrogens with zero attached hydrogens (tertiary/aromatic N) is 1. The number of nitrogens with two attached hydrogens (primary N) is 3. The minimum atomic E-state index is -2.04. The van der Waals surface area contributed by atoms with E-state index in [4.69, 9.17) is 32.8 Å². The van der Waals surface area contributed by atoms with Gasteiger partial charge in [-0.05, 0) is 145 Å². The number of nitrogens with one attached hydrogen (secondary N) is 16. The summed E-state index contributed by atoms with van der Waals surface area (Å²) in [5.41, 5.74) is 23.3. The molecule has 113 heavy (non-hydrogen) atoms. The number of carboxylic acid groups (broad SMARTS) is 1. The minimum Gasteiger partial charge on any atom is -0.481 e.